The van der Waals surface area contributed by atoms with E-state index in [1.165, 1.54) is 6.92 Å². The third kappa shape index (κ3) is 4.00. The van der Waals surface area contributed by atoms with Crippen molar-refractivity contribution in [1.29, 1.82) is 0 Å². The molecule has 6 rings (SSSR count). The van der Waals surface area contributed by atoms with Gasteiger partial charge >= 0.3 is 5.97 Å². The summed E-state index contributed by atoms with van der Waals surface area (Å²) in [5, 5.41) is 0. The van der Waals surface area contributed by atoms with Crippen molar-refractivity contribution in [2.75, 3.05) is 27.2 Å². The van der Waals surface area contributed by atoms with Crippen LogP contribution in [-0.4, -0.2) is 67.1 Å². The fourth-order valence-electron chi connectivity index (χ4n) is 7.91. The van der Waals surface area contributed by atoms with E-state index in [1.54, 1.807) is 18.1 Å². The number of rotatable bonds is 5. The van der Waals surface area contributed by atoms with E-state index in [0.29, 0.717) is 17.4 Å². The predicted octanol–water partition coefficient (Wildman–Crippen LogP) is 4.03. The van der Waals surface area contributed by atoms with Crippen LogP contribution in [0.3, 0.4) is 0 Å². The zero-order chi connectivity index (χ0) is 28.2. The molecule has 40 heavy (non-hydrogen) atoms. The molecule has 2 aliphatic carbocycles. The lowest BCUT2D eigenvalue weighted by Crippen LogP contribution is -2.68. The van der Waals surface area contributed by atoms with Crippen LogP contribution in [0.1, 0.15) is 48.4 Å². The van der Waals surface area contributed by atoms with Crippen molar-refractivity contribution in [1.82, 2.24) is 9.80 Å². The van der Waals surface area contributed by atoms with Gasteiger partial charge in [-0.1, -0.05) is 24.1 Å². The van der Waals surface area contributed by atoms with Crippen molar-refractivity contribution >= 4 is 11.9 Å². The molecule has 0 unspecified atom stereocenters. The number of amides is 1. The molecule has 2 aromatic rings. The van der Waals surface area contributed by atoms with E-state index in [2.05, 4.69) is 23.3 Å². The van der Waals surface area contributed by atoms with Crippen molar-refractivity contribution < 1.29 is 23.8 Å². The number of nitrogens with zero attached hydrogens (tertiary/aromatic N) is 2. The molecule has 1 amide bonds. The normalized spacial score (nSPS) is 27.4. The molecule has 1 saturated heterocycles. The number of carbonyl (C=O) groups excluding carboxylic acids is 2. The van der Waals surface area contributed by atoms with Crippen molar-refractivity contribution in [3.63, 3.8) is 0 Å². The summed E-state index contributed by atoms with van der Waals surface area (Å²) in [5.74, 6) is 7.53. The van der Waals surface area contributed by atoms with Gasteiger partial charge in [0, 0.05) is 60.7 Å². The molecule has 0 aromatic heterocycles. The molecule has 0 radical (unpaired) electrons. The number of carbonyl (C=O) groups is 2. The summed E-state index contributed by atoms with van der Waals surface area (Å²) < 4.78 is 18.4. The Kier molecular flexibility index (Phi) is 6.62. The van der Waals surface area contributed by atoms with Gasteiger partial charge in [0.25, 0.3) is 5.91 Å². The molecule has 0 N–H and O–H groups in total. The number of hydrogen-bond donors (Lipinski definition) is 0. The minimum absolute atomic E-state index is 0.151. The fraction of sp³-hybridized carbons (Fsp3) is 0.455. The summed E-state index contributed by atoms with van der Waals surface area (Å²) in [7, 11) is 3.46. The lowest BCUT2D eigenvalue weighted by Gasteiger charge is -2.60. The van der Waals surface area contributed by atoms with E-state index in [9.17, 15) is 9.59 Å². The topological polar surface area (TPSA) is 68.3 Å². The van der Waals surface area contributed by atoms with E-state index in [0.717, 1.165) is 66.8 Å². The van der Waals surface area contributed by atoms with Crippen molar-refractivity contribution in [3.8, 4) is 29.1 Å². The maximum atomic E-state index is 13.4. The molecule has 7 heteroatoms. The molecule has 4 aliphatic rings. The van der Waals surface area contributed by atoms with Gasteiger partial charge in [-0.15, -0.1) is 6.58 Å². The SMILES string of the molecule is C=CCN1CC[C@]23c4c5c(OC(C)=O)cc(OC)c4O[C@H]2[C@@H](N(C)C(=O)C#Cc2cccc(C)c2)CC[C@H]3[C@H]1C5. The van der Waals surface area contributed by atoms with Crippen molar-refractivity contribution in [3.05, 3.63) is 65.2 Å². The second-order valence-corrected chi connectivity index (χ2v) is 11.5. The number of methoxy groups -OCH3 is 1. The first-order valence-corrected chi connectivity index (χ1v) is 14.1. The summed E-state index contributed by atoms with van der Waals surface area (Å²) in [6.07, 6.45) is 5.16. The number of esters is 1. The van der Waals surface area contributed by atoms with Crippen molar-refractivity contribution in [2.45, 2.75) is 63.1 Å². The zero-order valence-electron chi connectivity index (χ0n) is 23.7. The molecule has 2 fully saturated rings. The minimum Gasteiger partial charge on any atom is -0.493 e. The molecule has 2 bridgehead atoms. The summed E-state index contributed by atoms with van der Waals surface area (Å²) in [6, 6.07) is 9.76. The van der Waals surface area contributed by atoms with Crippen LogP contribution in [-0.2, 0) is 21.4 Å². The Morgan fingerprint density at radius 3 is 2.83 bits per heavy atom. The second kappa shape index (κ2) is 10.0. The largest absolute Gasteiger partial charge is 0.493 e. The molecule has 7 nitrogen and oxygen atoms in total. The van der Waals surface area contributed by atoms with Gasteiger partial charge in [0.05, 0.1) is 13.2 Å². The Morgan fingerprint density at radius 1 is 1.27 bits per heavy atom. The third-order valence-corrected chi connectivity index (χ3v) is 9.46. The molecule has 1 spiro atoms. The Labute approximate surface area is 236 Å². The molecular weight excluding hydrogens is 504 g/mol. The second-order valence-electron chi connectivity index (χ2n) is 11.5. The van der Waals surface area contributed by atoms with E-state index < -0.39 is 0 Å². The number of hydrogen-bond acceptors (Lipinski definition) is 6. The highest BCUT2D eigenvalue weighted by atomic mass is 16.5. The number of aryl methyl sites for hydroxylation is 1. The van der Waals surface area contributed by atoms with Gasteiger partial charge < -0.3 is 19.1 Å². The molecule has 2 aromatic carbocycles. The Bertz CT molecular complexity index is 1450. The third-order valence-electron chi connectivity index (χ3n) is 9.46. The van der Waals surface area contributed by atoms with E-state index in [1.807, 2.05) is 44.3 Å². The Hall–Kier alpha value is -3.76. The lowest BCUT2D eigenvalue weighted by atomic mass is 9.51. The average molecular weight is 541 g/mol. The maximum absolute atomic E-state index is 13.4. The first-order chi connectivity index (χ1) is 19.3. The highest BCUT2D eigenvalue weighted by Crippen LogP contribution is 2.65. The van der Waals surface area contributed by atoms with Crippen LogP contribution < -0.4 is 14.2 Å². The zero-order valence-corrected chi connectivity index (χ0v) is 23.7. The molecule has 2 heterocycles. The Morgan fingerprint density at radius 2 is 2.10 bits per heavy atom. The Balaban J connectivity index is 1.42. The van der Waals surface area contributed by atoms with E-state index in [-0.39, 0.29) is 35.5 Å². The number of likely N-dealkylation sites (N-methyl/N-ethyl adjacent to an activating group) is 1. The quantitative estimate of drug-likeness (QED) is 0.247. The monoisotopic (exact) mass is 540 g/mol. The first kappa shape index (κ1) is 26.5. The smallest absolute Gasteiger partial charge is 0.308 e. The van der Waals surface area contributed by atoms with Gasteiger partial charge in [-0.3, -0.25) is 14.5 Å². The molecule has 5 atom stereocenters. The summed E-state index contributed by atoms with van der Waals surface area (Å²) in [5.41, 5.74) is 3.76. The number of piperidine rings is 1. The lowest BCUT2D eigenvalue weighted by molar-refractivity contribution is -0.134. The number of ether oxygens (including phenoxy) is 3. The standard InChI is InChI=1S/C33H36N2O5/c1-6-15-35-16-14-33-24-11-12-25(34(4)29(37)13-10-22-9-7-8-20(2)17-22)32(33)40-31-28(38-5)19-27(39-21(3)36)23(30(31)33)18-26(24)35/h6-9,17,19,24-26,32H,1,11-12,14-16,18H2,2-5H3/t24-,25-,26+,32-,33-/m0/s1. The van der Waals surface area contributed by atoms with Crippen LogP contribution in [0.2, 0.25) is 0 Å². The molecule has 2 aliphatic heterocycles. The van der Waals surface area contributed by atoms with Gasteiger partial charge in [0.1, 0.15) is 11.9 Å². The van der Waals surface area contributed by atoms with Crippen LogP contribution in [0.15, 0.2) is 43.0 Å². The average Bonchev–Trinajstić information content (AvgIpc) is 3.27. The van der Waals surface area contributed by atoms with Gasteiger partial charge in [-0.2, -0.15) is 0 Å². The molecule has 208 valence electrons. The number of benzene rings is 2. The highest BCUT2D eigenvalue weighted by Gasteiger charge is 2.67. The molecule has 1 saturated carbocycles. The van der Waals surface area contributed by atoms with Gasteiger partial charge in [-0.25, -0.2) is 0 Å². The summed E-state index contributed by atoms with van der Waals surface area (Å²) in [6.45, 7) is 9.15. The predicted molar refractivity (Wildman–Crippen MR) is 152 cm³/mol. The maximum Gasteiger partial charge on any atom is 0.308 e. The summed E-state index contributed by atoms with van der Waals surface area (Å²) >= 11 is 0. The van der Waals surface area contributed by atoms with Crippen LogP contribution in [0.4, 0.5) is 0 Å². The number of likely N-dealkylation sites (tertiary alicyclic amines) is 1. The minimum atomic E-state index is -0.361. The van der Waals surface area contributed by atoms with Crippen LogP contribution in [0, 0.1) is 24.7 Å². The van der Waals surface area contributed by atoms with Gasteiger partial charge in [-0.05, 0) is 62.8 Å². The first-order valence-electron chi connectivity index (χ1n) is 14.1. The van der Waals surface area contributed by atoms with Crippen molar-refractivity contribution in [2.24, 2.45) is 5.92 Å². The van der Waals surface area contributed by atoms with Gasteiger partial charge in [0.15, 0.2) is 11.5 Å². The summed E-state index contributed by atoms with van der Waals surface area (Å²) in [4.78, 5) is 29.8. The highest BCUT2D eigenvalue weighted by molar-refractivity contribution is 5.94. The van der Waals surface area contributed by atoms with E-state index >= 15 is 0 Å². The van der Waals surface area contributed by atoms with Crippen LogP contribution in [0.25, 0.3) is 0 Å². The fourth-order valence-corrected chi connectivity index (χ4v) is 7.91. The van der Waals surface area contributed by atoms with Crippen LogP contribution >= 0.6 is 0 Å². The van der Waals surface area contributed by atoms with Crippen LogP contribution in [0.5, 0.6) is 17.2 Å². The van der Waals surface area contributed by atoms with Gasteiger partial charge in [0.2, 0.25) is 0 Å². The molecular formula is C33H36N2O5. The van der Waals surface area contributed by atoms with E-state index in [4.69, 9.17) is 14.2 Å².